The van der Waals surface area contributed by atoms with Crippen molar-refractivity contribution in [1.29, 1.82) is 0 Å². The van der Waals surface area contributed by atoms with Gasteiger partial charge in [-0.2, -0.15) is 0 Å². The highest BCUT2D eigenvalue weighted by Gasteiger charge is 2.15. The fourth-order valence-corrected chi connectivity index (χ4v) is 4.89. The Morgan fingerprint density at radius 2 is 1.68 bits per heavy atom. The summed E-state index contributed by atoms with van der Waals surface area (Å²) in [6.07, 6.45) is 5.21. The van der Waals surface area contributed by atoms with Gasteiger partial charge in [0.1, 0.15) is 18.1 Å². The van der Waals surface area contributed by atoms with Crippen molar-refractivity contribution >= 4 is 15.9 Å². The summed E-state index contributed by atoms with van der Waals surface area (Å²) in [7, 11) is 2.07. The number of nitrogens with zero attached hydrogens (tertiary/aromatic N) is 2. The minimum absolute atomic E-state index is 0.128. The lowest BCUT2D eigenvalue weighted by Gasteiger charge is -2.05. The summed E-state index contributed by atoms with van der Waals surface area (Å²) >= 11 is 3.36. The van der Waals surface area contributed by atoms with Gasteiger partial charge in [0.2, 0.25) is 0 Å². The summed E-state index contributed by atoms with van der Waals surface area (Å²) in [4.78, 5) is 0. The molecule has 3 rings (SSSR count). The second-order valence-corrected chi connectivity index (χ2v) is 9.78. The van der Waals surface area contributed by atoms with Crippen molar-refractivity contribution < 1.29 is 30.5 Å². The van der Waals surface area contributed by atoms with Crippen molar-refractivity contribution in [3.63, 3.8) is 0 Å². The Labute approximate surface area is 168 Å². The quantitative estimate of drug-likeness (QED) is 0.262. The fourth-order valence-electron chi connectivity index (χ4n) is 2.47. The number of aryl methyl sites for hydroxylation is 2. The van der Waals surface area contributed by atoms with Crippen molar-refractivity contribution in [2.75, 3.05) is 6.61 Å². The molecular formula is C20H22BrIN2O+2. The molecule has 0 aliphatic rings. The van der Waals surface area contributed by atoms with Crippen LogP contribution in [0, 0.1) is 14.1 Å². The van der Waals surface area contributed by atoms with Crippen LogP contribution in [0.5, 0.6) is 5.75 Å². The van der Waals surface area contributed by atoms with Crippen molar-refractivity contribution in [2.45, 2.75) is 19.9 Å². The second-order valence-electron chi connectivity index (χ2n) is 5.84. The molecular weight excluding hydrogens is 491 g/mol. The highest BCUT2D eigenvalue weighted by atomic mass is 127. The molecule has 0 aliphatic carbocycles. The van der Waals surface area contributed by atoms with Crippen LogP contribution in [0.25, 0.3) is 0 Å². The first-order valence-corrected chi connectivity index (χ1v) is 11.2. The predicted octanol–water partition coefficient (Wildman–Crippen LogP) is 0.981. The van der Waals surface area contributed by atoms with Gasteiger partial charge in [-0.25, -0.2) is 9.13 Å². The van der Waals surface area contributed by atoms with E-state index in [4.69, 9.17) is 4.74 Å². The van der Waals surface area contributed by atoms with Crippen molar-refractivity contribution in [3.05, 3.63) is 78.4 Å². The maximum absolute atomic E-state index is 5.88. The Morgan fingerprint density at radius 3 is 2.28 bits per heavy atom. The third-order valence-corrected chi connectivity index (χ3v) is 7.26. The van der Waals surface area contributed by atoms with Crippen LogP contribution in [0.2, 0.25) is 0 Å². The first kappa shape index (κ1) is 18.5. The van der Waals surface area contributed by atoms with Crippen LogP contribution in [0.15, 0.2) is 65.4 Å². The first-order chi connectivity index (χ1) is 12.1. The second kappa shape index (κ2) is 8.85. The average molecular weight is 513 g/mol. The maximum Gasteiger partial charge on any atom is 0.357 e. The predicted molar refractivity (Wildman–Crippen MR) is 98.4 cm³/mol. The van der Waals surface area contributed by atoms with Gasteiger partial charge in [0.25, 0.3) is 5.82 Å². The fraction of sp³-hybridized carbons (Fsp3) is 0.250. The molecule has 0 unspecified atom stereocenters. The summed E-state index contributed by atoms with van der Waals surface area (Å²) in [5.41, 5.74) is 0. The van der Waals surface area contributed by atoms with E-state index in [-0.39, 0.29) is 21.2 Å². The van der Waals surface area contributed by atoms with Crippen molar-refractivity contribution in [1.82, 2.24) is 4.57 Å². The number of aromatic nitrogens is 2. The molecule has 1 heterocycles. The highest BCUT2D eigenvalue weighted by Crippen LogP contribution is 2.09. The lowest BCUT2D eigenvalue weighted by molar-refractivity contribution is -0.677. The van der Waals surface area contributed by atoms with Crippen LogP contribution >= 0.6 is 15.9 Å². The van der Waals surface area contributed by atoms with Gasteiger partial charge in [-0.05, 0) is 48.5 Å². The SMILES string of the molecule is Cc1n(CCCOc2ccc([I+]c3ccc(Br)cc3)cc2)cc[n+]1C. The number of hydrogen-bond acceptors (Lipinski definition) is 1. The molecule has 1 aromatic heterocycles. The van der Waals surface area contributed by atoms with Crippen LogP contribution in [0.1, 0.15) is 12.2 Å². The number of imidazole rings is 1. The van der Waals surface area contributed by atoms with Crippen molar-refractivity contribution in [3.8, 4) is 5.75 Å². The maximum atomic E-state index is 5.88. The molecule has 0 amide bonds. The summed E-state index contributed by atoms with van der Waals surface area (Å²) in [5.74, 6) is 2.22. The molecule has 25 heavy (non-hydrogen) atoms. The average Bonchev–Trinajstić information content (AvgIpc) is 2.94. The normalized spacial score (nSPS) is 10.8. The van der Waals surface area contributed by atoms with Crippen LogP contribution in [0.3, 0.4) is 0 Å². The lowest BCUT2D eigenvalue weighted by atomic mass is 10.3. The minimum atomic E-state index is -0.128. The van der Waals surface area contributed by atoms with Gasteiger partial charge in [0.05, 0.1) is 20.2 Å². The first-order valence-electron chi connectivity index (χ1n) is 8.26. The molecule has 0 N–H and O–H groups in total. The van der Waals surface area contributed by atoms with Gasteiger partial charge in [0.15, 0.2) is 7.14 Å². The molecule has 3 aromatic rings. The number of benzene rings is 2. The molecule has 0 fully saturated rings. The van der Waals surface area contributed by atoms with Crippen LogP contribution in [0.4, 0.5) is 0 Å². The molecule has 5 heteroatoms. The standard InChI is InChI=1S/C20H22BrIN2O/c1-16-23(2)13-14-24(16)12-3-15-25-20-10-8-19(9-11-20)22-18-6-4-17(21)5-7-18/h4-11,13-14H,3,12,15H2,1-2H3/q+2. The van der Waals surface area contributed by atoms with E-state index >= 15 is 0 Å². The van der Waals surface area contributed by atoms with E-state index in [9.17, 15) is 0 Å². The van der Waals surface area contributed by atoms with Gasteiger partial charge in [-0.3, -0.25) is 0 Å². The molecule has 0 radical (unpaired) electrons. The van der Waals surface area contributed by atoms with E-state index in [1.165, 1.54) is 13.0 Å². The smallest absolute Gasteiger partial charge is 0.357 e. The molecule has 3 nitrogen and oxygen atoms in total. The molecule has 2 aromatic carbocycles. The zero-order valence-corrected chi connectivity index (χ0v) is 18.2. The summed E-state index contributed by atoms with van der Waals surface area (Å²) in [6, 6.07) is 17.2. The molecule has 0 saturated heterocycles. The topological polar surface area (TPSA) is 18.0 Å². The molecule has 0 spiro atoms. The van der Waals surface area contributed by atoms with E-state index in [0.29, 0.717) is 0 Å². The van der Waals surface area contributed by atoms with Gasteiger partial charge in [-0.15, -0.1) is 0 Å². The van der Waals surface area contributed by atoms with Gasteiger partial charge in [0, 0.05) is 17.8 Å². The molecule has 0 bridgehead atoms. The van der Waals surface area contributed by atoms with E-state index in [2.05, 4.69) is 100.0 Å². The zero-order valence-electron chi connectivity index (χ0n) is 14.5. The lowest BCUT2D eigenvalue weighted by Crippen LogP contribution is -3.61. The van der Waals surface area contributed by atoms with Gasteiger partial charge in [-0.1, -0.05) is 15.9 Å². The molecule has 0 saturated carbocycles. The Bertz CT molecular complexity index is 813. The van der Waals surface area contributed by atoms with E-state index in [1.54, 1.807) is 0 Å². The van der Waals surface area contributed by atoms with Crippen molar-refractivity contribution in [2.24, 2.45) is 7.05 Å². The molecule has 130 valence electrons. The Morgan fingerprint density at radius 1 is 1.04 bits per heavy atom. The van der Waals surface area contributed by atoms with Crippen LogP contribution < -0.4 is 30.5 Å². The van der Waals surface area contributed by atoms with Crippen LogP contribution in [-0.4, -0.2) is 11.2 Å². The monoisotopic (exact) mass is 512 g/mol. The summed E-state index contributed by atoms with van der Waals surface area (Å²) in [6.45, 7) is 3.86. The van der Waals surface area contributed by atoms with Gasteiger partial charge >= 0.3 is 21.2 Å². The van der Waals surface area contributed by atoms with E-state index in [0.717, 1.165) is 29.8 Å². The number of ether oxygens (including phenoxy) is 1. The third kappa shape index (κ3) is 5.31. The number of hydrogen-bond donors (Lipinski definition) is 0. The zero-order chi connectivity index (χ0) is 17.6. The number of halogens is 2. The Kier molecular flexibility index (Phi) is 6.53. The number of rotatable bonds is 7. The third-order valence-electron chi connectivity index (χ3n) is 4.04. The van der Waals surface area contributed by atoms with Crippen LogP contribution in [-0.2, 0) is 13.6 Å². The molecule has 0 atom stereocenters. The molecule has 0 aliphatic heterocycles. The van der Waals surface area contributed by atoms with E-state index in [1.807, 2.05) is 0 Å². The summed E-state index contributed by atoms with van der Waals surface area (Å²) in [5, 5.41) is 0. The Balaban J connectivity index is 1.46. The summed E-state index contributed by atoms with van der Waals surface area (Å²) < 4.78 is 14.2. The van der Waals surface area contributed by atoms with Gasteiger partial charge < -0.3 is 4.74 Å². The largest absolute Gasteiger partial charge is 0.493 e. The minimum Gasteiger partial charge on any atom is -0.493 e. The van der Waals surface area contributed by atoms with E-state index < -0.39 is 0 Å². The highest BCUT2D eigenvalue weighted by molar-refractivity contribution is 9.10. The Hall–Kier alpha value is -1.34.